The van der Waals surface area contributed by atoms with E-state index in [1.807, 2.05) is 0 Å². The maximum atomic E-state index is 13.3. The fourth-order valence-electron chi connectivity index (χ4n) is 2.53. The van der Waals surface area contributed by atoms with E-state index in [1.54, 1.807) is 24.3 Å². The van der Waals surface area contributed by atoms with Crippen LogP contribution in [0.1, 0.15) is 11.1 Å². The fourth-order valence-corrected chi connectivity index (χ4v) is 3.62. The lowest BCUT2D eigenvalue weighted by atomic mass is 10.1. The normalized spacial score (nSPS) is 11.7. The second-order valence-corrected chi connectivity index (χ2v) is 7.58. The molecule has 136 valence electrons. The van der Waals surface area contributed by atoms with E-state index in [-0.39, 0.29) is 28.1 Å². The van der Waals surface area contributed by atoms with Gasteiger partial charge in [0.25, 0.3) is 5.56 Å². The first-order valence-electron chi connectivity index (χ1n) is 7.76. The van der Waals surface area contributed by atoms with Crippen LogP contribution in [0.15, 0.2) is 52.2 Å². The first-order chi connectivity index (χ1) is 12.3. The van der Waals surface area contributed by atoms with Gasteiger partial charge in [0.05, 0.1) is 12.0 Å². The second kappa shape index (κ2) is 6.89. The highest BCUT2D eigenvalue weighted by Crippen LogP contribution is 2.19. The Morgan fingerprint density at radius 1 is 1.15 bits per heavy atom. The molecule has 0 saturated heterocycles. The third-order valence-corrected chi connectivity index (χ3v) is 5.42. The number of halogens is 1. The molecule has 0 aliphatic heterocycles. The summed E-state index contributed by atoms with van der Waals surface area (Å²) in [6, 6.07) is 10.3. The van der Waals surface area contributed by atoms with E-state index in [1.165, 1.54) is 26.2 Å². The molecule has 0 atom stereocenters. The lowest BCUT2D eigenvalue weighted by molar-refractivity contribution is 0.415. The van der Waals surface area contributed by atoms with Crippen molar-refractivity contribution in [2.75, 3.05) is 7.11 Å². The summed E-state index contributed by atoms with van der Waals surface area (Å²) in [7, 11) is -2.34. The van der Waals surface area contributed by atoms with Gasteiger partial charge in [-0.05, 0) is 55.0 Å². The zero-order valence-electron chi connectivity index (χ0n) is 14.2. The summed E-state index contributed by atoms with van der Waals surface area (Å²) in [4.78, 5) is 14.8. The van der Waals surface area contributed by atoms with Crippen LogP contribution in [0.3, 0.4) is 0 Å². The number of ether oxygens (including phenoxy) is 1. The molecule has 1 heterocycles. The number of aryl methyl sites for hydroxylation is 1. The summed E-state index contributed by atoms with van der Waals surface area (Å²) < 4.78 is 45.6. The molecular formula is C18H17FN2O4S. The van der Waals surface area contributed by atoms with Crippen molar-refractivity contribution in [1.29, 1.82) is 0 Å². The lowest BCUT2D eigenvalue weighted by Crippen LogP contribution is -2.27. The fraction of sp³-hybridized carbons (Fsp3) is 0.167. The molecule has 2 N–H and O–H groups in total. The van der Waals surface area contributed by atoms with Crippen LogP contribution >= 0.6 is 0 Å². The molecule has 0 radical (unpaired) electrons. The third kappa shape index (κ3) is 3.61. The van der Waals surface area contributed by atoms with Gasteiger partial charge >= 0.3 is 0 Å². The molecular weight excluding hydrogens is 359 g/mol. The Morgan fingerprint density at radius 2 is 1.92 bits per heavy atom. The molecule has 0 amide bonds. The number of rotatable bonds is 5. The maximum absolute atomic E-state index is 13.3. The van der Waals surface area contributed by atoms with Crippen molar-refractivity contribution >= 4 is 20.9 Å². The van der Waals surface area contributed by atoms with E-state index in [4.69, 9.17) is 4.74 Å². The summed E-state index contributed by atoms with van der Waals surface area (Å²) in [5.74, 6) is 0.140. The number of fused-ring (bicyclic) bond motifs is 1. The van der Waals surface area contributed by atoms with Crippen LogP contribution in [0.4, 0.5) is 4.39 Å². The molecule has 0 aliphatic carbocycles. The molecule has 6 nitrogen and oxygen atoms in total. The van der Waals surface area contributed by atoms with Gasteiger partial charge in [0.15, 0.2) is 0 Å². The maximum Gasteiger partial charge on any atom is 0.252 e. The molecule has 3 aromatic rings. The van der Waals surface area contributed by atoms with Crippen LogP contribution in [-0.2, 0) is 16.6 Å². The Hall–Kier alpha value is -2.71. The largest absolute Gasteiger partial charge is 0.497 e. The van der Waals surface area contributed by atoms with Crippen LogP contribution in [0.25, 0.3) is 10.9 Å². The van der Waals surface area contributed by atoms with Gasteiger partial charge in [-0.1, -0.05) is 0 Å². The highest BCUT2D eigenvalue weighted by Gasteiger charge is 2.16. The number of hydrogen-bond acceptors (Lipinski definition) is 4. The zero-order valence-corrected chi connectivity index (χ0v) is 15.0. The van der Waals surface area contributed by atoms with Gasteiger partial charge in [-0.3, -0.25) is 4.79 Å². The van der Waals surface area contributed by atoms with Crippen molar-refractivity contribution in [3.63, 3.8) is 0 Å². The summed E-state index contributed by atoms with van der Waals surface area (Å²) in [6.07, 6.45) is 0. The van der Waals surface area contributed by atoms with E-state index in [9.17, 15) is 17.6 Å². The average Bonchev–Trinajstić information content (AvgIpc) is 2.61. The van der Waals surface area contributed by atoms with Gasteiger partial charge in [0.2, 0.25) is 10.0 Å². The van der Waals surface area contributed by atoms with Gasteiger partial charge in [-0.2, -0.15) is 0 Å². The standard InChI is InChI=1S/C18H17FN2O4S/c1-11-7-15(4-5-16(11)19)26(23,24)20-10-13-8-12-9-14(25-2)3-6-17(12)21-18(13)22/h3-9,20H,10H2,1-2H3,(H,21,22). The van der Waals surface area contributed by atoms with E-state index in [0.717, 1.165) is 11.5 Å². The first kappa shape index (κ1) is 18.1. The van der Waals surface area contributed by atoms with Crippen molar-refractivity contribution in [2.45, 2.75) is 18.4 Å². The number of methoxy groups -OCH3 is 1. The summed E-state index contributed by atoms with van der Waals surface area (Å²) in [6.45, 7) is 1.29. The number of pyridine rings is 1. The van der Waals surface area contributed by atoms with Crippen molar-refractivity contribution < 1.29 is 17.5 Å². The highest BCUT2D eigenvalue weighted by molar-refractivity contribution is 7.89. The molecule has 2 aromatic carbocycles. The molecule has 0 spiro atoms. The van der Waals surface area contributed by atoms with Crippen LogP contribution in [-0.4, -0.2) is 20.5 Å². The number of aromatic nitrogens is 1. The van der Waals surface area contributed by atoms with Gasteiger partial charge in [0.1, 0.15) is 11.6 Å². The molecule has 26 heavy (non-hydrogen) atoms. The predicted octanol–water partition coefficient (Wildman–Crippen LogP) is 2.46. The smallest absolute Gasteiger partial charge is 0.252 e. The Balaban J connectivity index is 1.89. The minimum Gasteiger partial charge on any atom is -0.497 e. The highest BCUT2D eigenvalue weighted by atomic mass is 32.2. The monoisotopic (exact) mass is 376 g/mol. The number of sulfonamides is 1. The SMILES string of the molecule is COc1ccc2[nH]c(=O)c(CNS(=O)(=O)c3ccc(F)c(C)c3)cc2c1. The van der Waals surface area contributed by atoms with Crippen LogP contribution in [0.2, 0.25) is 0 Å². The molecule has 0 unspecified atom stereocenters. The average molecular weight is 376 g/mol. The lowest BCUT2D eigenvalue weighted by Gasteiger charge is -2.09. The van der Waals surface area contributed by atoms with Crippen LogP contribution < -0.4 is 15.0 Å². The molecule has 0 aliphatic rings. The van der Waals surface area contributed by atoms with Gasteiger partial charge < -0.3 is 9.72 Å². The van der Waals surface area contributed by atoms with Gasteiger partial charge in [-0.15, -0.1) is 0 Å². The van der Waals surface area contributed by atoms with Crippen LogP contribution in [0.5, 0.6) is 5.75 Å². The van der Waals surface area contributed by atoms with Gasteiger partial charge in [-0.25, -0.2) is 17.5 Å². The number of benzene rings is 2. The Morgan fingerprint density at radius 3 is 2.62 bits per heavy atom. The Bertz CT molecular complexity index is 1140. The summed E-state index contributed by atoms with van der Waals surface area (Å²) in [5, 5.41) is 0.718. The molecule has 1 aromatic heterocycles. The summed E-state index contributed by atoms with van der Waals surface area (Å²) >= 11 is 0. The van der Waals surface area contributed by atoms with Crippen molar-refractivity contribution in [3.05, 3.63) is 69.8 Å². The van der Waals surface area contributed by atoms with E-state index in [2.05, 4.69) is 9.71 Å². The predicted molar refractivity (Wildman–Crippen MR) is 96.3 cm³/mol. The van der Waals surface area contributed by atoms with Crippen molar-refractivity contribution in [2.24, 2.45) is 0 Å². The minimum absolute atomic E-state index is 0.0599. The van der Waals surface area contributed by atoms with Crippen molar-refractivity contribution in [3.8, 4) is 5.75 Å². The molecule has 0 saturated carbocycles. The number of hydrogen-bond donors (Lipinski definition) is 2. The van der Waals surface area contributed by atoms with E-state index < -0.39 is 15.8 Å². The van der Waals surface area contributed by atoms with Crippen LogP contribution in [0, 0.1) is 12.7 Å². The molecule has 0 bridgehead atoms. The Kier molecular flexibility index (Phi) is 4.80. The quantitative estimate of drug-likeness (QED) is 0.716. The minimum atomic E-state index is -3.87. The number of H-pyrrole nitrogens is 1. The molecule has 8 heteroatoms. The summed E-state index contributed by atoms with van der Waals surface area (Å²) in [5.41, 5.74) is 0.717. The first-order valence-corrected chi connectivity index (χ1v) is 9.24. The number of aromatic amines is 1. The van der Waals surface area contributed by atoms with E-state index in [0.29, 0.717) is 11.3 Å². The third-order valence-electron chi connectivity index (χ3n) is 4.02. The Labute approximate surface area is 149 Å². The van der Waals surface area contributed by atoms with E-state index >= 15 is 0 Å². The second-order valence-electron chi connectivity index (χ2n) is 5.81. The zero-order chi connectivity index (χ0) is 18.9. The molecule has 3 rings (SSSR count). The van der Waals surface area contributed by atoms with Crippen molar-refractivity contribution in [1.82, 2.24) is 9.71 Å². The topological polar surface area (TPSA) is 88.3 Å². The van der Waals surface area contributed by atoms with Gasteiger partial charge in [0, 0.05) is 23.0 Å². The molecule has 0 fully saturated rings. The number of nitrogens with one attached hydrogen (secondary N) is 2.